The Morgan fingerprint density at radius 3 is 1.26 bits per heavy atom. The minimum atomic E-state index is 1.11. The first-order valence-electron chi connectivity index (χ1n) is 17.1. The number of aromatic nitrogens is 1. The minimum absolute atomic E-state index is 1.11. The van der Waals surface area contributed by atoms with E-state index < -0.39 is 0 Å². The lowest BCUT2D eigenvalue weighted by Crippen LogP contribution is -2.10. The van der Waals surface area contributed by atoms with E-state index in [9.17, 15) is 0 Å². The molecule has 0 spiro atoms. The van der Waals surface area contributed by atoms with Gasteiger partial charge in [-0.2, -0.15) is 0 Å². The summed E-state index contributed by atoms with van der Waals surface area (Å²) in [6.07, 6.45) is 0. The van der Waals surface area contributed by atoms with E-state index in [-0.39, 0.29) is 0 Å². The minimum Gasteiger partial charge on any atom is -0.310 e. The molecule has 9 aromatic rings. The van der Waals surface area contributed by atoms with Crippen LogP contribution in [0.1, 0.15) is 0 Å². The summed E-state index contributed by atoms with van der Waals surface area (Å²) >= 11 is 0. The lowest BCUT2D eigenvalue weighted by Gasteiger charge is -2.26. The summed E-state index contributed by atoms with van der Waals surface area (Å²) < 4.78 is 2.40. The predicted molar refractivity (Wildman–Crippen MR) is 212 cm³/mol. The molecule has 0 atom stereocenters. The van der Waals surface area contributed by atoms with Gasteiger partial charge in [0, 0.05) is 33.5 Å². The Labute approximate surface area is 292 Å². The Morgan fingerprint density at radius 1 is 0.280 bits per heavy atom. The maximum atomic E-state index is 2.40. The summed E-state index contributed by atoms with van der Waals surface area (Å²) in [5.41, 5.74) is 14.1. The molecular formula is C48H34N2. The van der Waals surface area contributed by atoms with E-state index >= 15 is 0 Å². The topological polar surface area (TPSA) is 8.17 Å². The number of fused-ring (bicyclic) bond motifs is 3. The molecule has 0 radical (unpaired) electrons. The van der Waals surface area contributed by atoms with Crippen molar-refractivity contribution in [3.63, 3.8) is 0 Å². The van der Waals surface area contributed by atoms with E-state index in [1.807, 2.05) is 0 Å². The van der Waals surface area contributed by atoms with E-state index in [2.05, 4.69) is 216 Å². The number of rotatable bonds is 7. The number of hydrogen-bond donors (Lipinski definition) is 0. The van der Waals surface area contributed by atoms with Crippen LogP contribution in [0.5, 0.6) is 0 Å². The van der Waals surface area contributed by atoms with Crippen LogP contribution in [0.2, 0.25) is 0 Å². The molecule has 0 unspecified atom stereocenters. The molecule has 2 heteroatoms. The van der Waals surface area contributed by atoms with Gasteiger partial charge >= 0.3 is 0 Å². The predicted octanol–water partition coefficient (Wildman–Crippen LogP) is 13.3. The Bertz CT molecular complexity index is 2530. The highest BCUT2D eigenvalue weighted by Gasteiger charge is 2.17. The van der Waals surface area contributed by atoms with Crippen molar-refractivity contribution in [2.45, 2.75) is 0 Å². The summed E-state index contributed by atoms with van der Waals surface area (Å²) in [7, 11) is 0. The van der Waals surface area contributed by atoms with E-state index in [1.165, 1.54) is 55.2 Å². The second-order valence-corrected chi connectivity index (χ2v) is 12.6. The number of anilines is 3. The number of para-hydroxylation sites is 2. The van der Waals surface area contributed by atoms with Crippen LogP contribution in [0.4, 0.5) is 17.1 Å². The van der Waals surface area contributed by atoms with Crippen LogP contribution >= 0.6 is 0 Å². The molecule has 0 fully saturated rings. The van der Waals surface area contributed by atoms with E-state index in [1.54, 1.807) is 0 Å². The first kappa shape index (κ1) is 29.5. The number of benzene rings is 8. The molecule has 0 amide bonds. The fraction of sp³-hybridized carbons (Fsp3) is 0. The third-order valence-corrected chi connectivity index (χ3v) is 9.61. The van der Waals surface area contributed by atoms with Crippen molar-refractivity contribution in [3.05, 3.63) is 206 Å². The molecule has 0 aliphatic rings. The van der Waals surface area contributed by atoms with Crippen molar-refractivity contribution >= 4 is 38.9 Å². The summed E-state index contributed by atoms with van der Waals surface area (Å²) in [6.45, 7) is 0. The van der Waals surface area contributed by atoms with Crippen LogP contribution in [0, 0.1) is 0 Å². The highest BCUT2D eigenvalue weighted by molar-refractivity contribution is 6.10. The molecular weight excluding hydrogens is 605 g/mol. The van der Waals surface area contributed by atoms with Gasteiger partial charge in [0.25, 0.3) is 0 Å². The molecule has 0 saturated heterocycles. The average molecular weight is 639 g/mol. The van der Waals surface area contributed by atoms with Crippen molar-refractivity contribution in [1.29, 1.82) is 0 Å². The van der Waals surface area contributed by atoms with Crippen molar-refractivity contribution in [3.8, 4) is 39.1 Å². The van der Waals surface area contributed by atoms with E-state index in [0.717, 1.165) is 22.7 Å². The molecule has 236 valence electrons. The second kappa shape index (κ2) is 12.8. The largest absolute Gasteiger partial charge is 0.310 e. The standard InChI is InChI=1S/C48H34N2/c1-4-12-35(13-5-1)37-20-22-38(23-21-37)40-26-30-43(31-27-40)50-47-19-11-10-18-45(47)46-33-32-44(34-48(46)50)49(41-16-8-3-9-17-41)42-28-24-39(25-29-42)36-14-6-2-7-15-36/h1-34H. The quantitative estimate of drug-likeness (QED) is 0.169. The molecule has 2 nitrogen and oxygen atoms in total. The number of nitrogens with zero attached hydrogens (tertiary/aromatic N) is 2. The van der Waals surface area contributed by atoms with E-state index in [0.29, 0.717) is 0 Å². The van der Waals surface area contributed by atoms with Crippen molar-refractivity contribution < 1.29 is 0 Å². The Kier molecular flexibility index (Phi) is 7.53. The maximum absolute atomic E-state index is 2.40. The molecule has 1 aromatic heterocycles. The fourth-order valence-electron chi connectivity index (χ4n) is 7.12. The van der Waals surface area contributed by atoms with Crippen LogP contribution in [-0.2, 0) is 0 Å². The van der Waals surface area contributed by atoms with Gasteiger partial charge in [-0.15, -0.1) is 0 Å². The van der Waals surface area contributed by atoms with Gasteiger partial charge in [0.1, 0.15) is 0 Å². The first-order valence-corrected chi connectivity index (χ1v) is 17.1. The molecule has 9 rings (SSSR count). The van der Waals surface area contributed by atoms with Crippen molar-refractivity contribution in [1.82, 2.24) is 4.57 Å². The van der Waals surface area contributed by atoms with Crippen LogP contribution in [0.15, 0.2) is 206 Å². The normalized spacial score (nSPS) is 11.2. The lowest BCUT2D eigenvalue weighted by molar-refractivity contribution is 1.18. The summed E-state index contributed by atoms with van der Waals surface area (Å²) in [6, 6.07) is 74.0. The SMILES string of the molecule is c1ccc(-c2ccc(-c3ccc(-n4c5ccccc5c5ccc(N(c6ccccc6)c6ccc(-c7ccccc7)cc6)cc54)cc3)cc2)cc1. The Balaban J connectivity index is 1.13. The third-order valence-electron chi connectivity index (χ3n) is 9.61. The zero-order chi connectivity index (χ0) is 33.3. The molecule has 0 aliphatic heterocycles. The second-order valence-electron chi connectivity index (χ2n) is 12.6. The molecule has 0 N–H and O–H groups in total. The van der Waals surface area contributed by atoms with Gasteiger partial charge in [-0.05, 0) is 88.0 Å². The molecule has 0 saturated carbocycles. The molecule has 50 heavy (non-hydrogen) atoms. The van der Waals surface area contributed by atoms with Gasteiger partial charge in [0.2, 0.25) is 0 Å². The average Bonchev–Trinajstić information content (AvgIpc) is 3.53. The Morgan fingerprint density at radius 2 is 0.680 bits per heavy atom. The third kappa shape index (κ3) is 5.43. The molecule has 0 aliphatic carbocycles. The fourth-order valence-corrected chi connectivity index (χ4v) is 7.12. The summed E-state index contributed by atoms with van der Waals surface area (Å²) in [5.74, 6) is 0. The maximum Gasteiger partial charge on any atom is 0.0561 e. The van der Waals surface area contributed by atoms with Gasteiger partial charge in [0.05, 0.1) is 11.0 Å². The van der Waals surface area contributed by atoms with Crippen LogP contribution in [0.3, 0.4) is 0 Å². The zero-order valence-electron chi connectivity index (χ0n) is 27.5. The van der Waals surface area contributed by atoms with Gasteiger partial charge < -0.3 is 9.47 Å². The van der Waals surface area contributed by atoms with Gasteiger partial charge in [-0.1, -0.05) is 152 Å². The summed E-state index contributed by atoms with van der Waals surface area (Å²) in [5, 5.41) is 2.48. The van der Waals surface area contributed by atoms with Gasteiger partial charge in [-0.3, -0.25) is 0 Å². The molecule has 8 aromatic carbocycles. The monoisotopic (exact) mass is 638 g/mol. The van der Waals surface area contributed by atoms with Crippen LogP contribution in [0.25, 0.3) is 60.9 Å². The summed E-state index contributed by atoms with van der Waals surface area (Å²) in [4.78, 5) is 2.35. The van der Waals surface area contributed by atoms with E-state index in [4.69, 9.17) is 0 Å². The molecule has 1 heterocycles. The number of hydrogen-bond acceptors (Lipinski definition) is 1. The smallest absolute Gasteiger partial charge is 0.0561 e. The van der Waals surface area contributed by atoms with Crippen LogP contribution in [-0.4, -0.2) is 4.57 Å². The zero-order valence-corrected chi connectivity index (χ0v) is 27.5. The molecule has 0 bridgehead atoms. The highest BCUT2D eigenvalue weighted by Crippen LogP contribution is 2.40. The van der Waals surface area contributed by atoms with Crippen molar-refractivity contribution in [2.75, 3.05) is 4.90 Å². The van der Waals surface area contributed by atoms with Gasteiger partial charge in [-0.25, -0.2) is 0 Å². The highest BCUT2D eigenvalue weighted by atomic mass is 15.1. The first-order chi connectivity index (χ1) is 24.8. The lowest BCUT2D eigenvalue weighted by atomic mass is 10.0. The van der Waals surface area contributed by atoms with Gasteiger partial charge in [0.15, 0.2) is 0 Å². The Hall–Kier alpha value is -6.64. The van der Waals surface area contributed by atoms with Crippen molar-refractivity contribution in [2.24, 2.45) is 0 Å². The van der Waals surface area contributed by atoms with Crippen LogP contribution < -0.4 is 4.90 Å².